The first-order chi connectivity index (χ1) is 3.12. The molecule has 0 saturated carbocycles. The van der Waals surface area contributed by atoms with E-state index in [1.807, 2.05) is 0 Å². The summed E-state index contributed by atoms with van der Waals surface area (Å²) < 4.78 is 0. The Bertz CT molecular complexity index is 80.9. The molecule has 0 rings (SSSR count). The van der Waals surface area contributed by atoms with Crippen molar-refractivity contribution in [1.82, 2.24) is 0 Å². The minimum Gasteiger partial charge on any atom is -0.305 e. The van der Waals surface area contributed by atoms with Gasteiger partial charge in [-0.1, -0.05) is 5.70 Å². The van der Waals surface area contributed by atoms with Crippen LogP contribution >= 0.6 is 22.2 Å². The van der Waals surface area contributed by atoms with E-state index >= 15 is 0 Å². The number of carbonyl (C=O) groups is 1. The van der Waals surface area contributed by atoms with Crippen LogP contribution in [0.2, 0.25) is 0 Å². The van der Waals surface area contributed by atoms with Gasteiger partial charge in [-0.2, -0.15) is 0 Å². The monoisotopic (exact) mass is 154 g/mol. The van der Waals surface area contributed by atoms with Gasteiger partial charge in [0.05, 0.1) is 0 Å². The smallest absolute Gasteiger partial charge is 0.305 e. The number of rotatable bonds is 2. The van der Waals surface area contributed by atoms with Gasteiger partial charge in [0.1, 0.15) is 5.91 Å². The van der Waals surface area contributed by atoms with E-state index in [0.29, 0.717) is 5.91 Å². The zero-order valence-corrected chi connectivity index (χ0v) is 6.04. The van der Waals surface area contributed by atoms with Crippen LogP contribution < -0.4 is 0 Å². The molecule has 7 heavy (non-hydrogen) atoms. The van der Waals surface area contributed by atoms with Gasteiger partial charge in [0.25, 0.3) is 0 Å². The summed E-state index contributed by atoms with van der Waals surface area (Å²) in [6.07, 6.45) is 0. The number of hydrogen-bond donors (Lipinski definition) is 0. The van der Waals surface area contributed by atoms with E-state index < -0.39 is 6.69 Å². The fourth-order valence-electron chi connectivity index (χ4n) is 0.0481. The lowest BCUT2D eigenvalue weighted by Gasteiger charge is -1.95. The molecule has 0 saturated heterocycles. The Kier molecular flexibility index (Phi) is 2.57. The number of halogens is 2. The molecule has 0 bridgehead atoms. The summed E-state index contributed by atoms with van der Waals surface area (Å²) in [6, 6.07) is 0. The lowest BCUT2D eigenvalue weighted by Crippen LogP contribution is -2.16. The molecule has 0 aromatic carbocycles. The molecule has 40 valence electrons. The largest absolute Gasteiger partial charge is 0.336 e. The summed E-state index contributed by atoms with van der Waals surface area (Å²) in [5.41, 5.74) is 1.29. The third-order valence-electron chi connectivity index (χ3n) is 0.429. The molecule has 0 aliphatic rings. The normalized spacial score (nSPS) is 10.6. The molecule has 0 atom stereocenters. The summed E-state index contributed by atoms with van der Waals surface area (Å²) in [5, 5.41) is 0. The van der Waals surface area contributed by atoms with E-state index in [-0.39, 0.29) is 0 Å². The minimum absolute atomic E-state index is 0.545. The van der Waals surface area contributed by atoms with E-state index in [4.69, 9.17) is 22.2 Å². The molecular formula is C3H4Cl2OSi. The summed E-state index contributed by atoms with van der Waals surface area (Å²) >= 11 is 10.6. The second kappa shape index (κ2) is 2.50. The van der Waals surface area contributed by atoms with Crippen molar-refractivity contribution in [2.45, 2.75) is 0 Å². The van der Waals surface area contributed by atoms with Crippen molar-refractivity contribution in [3.63, 3.8) is 0 Å². The molecule has 1 nitrogen and oxygen atoms in total. The predicted octanol–water partition coefficient (Wildman–Crippen LogP) is 1.40. The summed E-state index contributed by atoms with van der Waals surface area (Å²) in [6.45, 7) is 0.646. The Morgan fingerprint density at radius 2 is 2.00 bits per heavy atom. The molecule has 0 aliphatic heterocycles. The van der Waals surface area contributed by atoms with Crippen molar-refractivity contribution >= 4 is 34.8 Å². The molecule has 0 heterocycles. The summed E-state index contributed by atoms with van der Waals surface area (Å²) in [4.78, 5) is 9.78. The molecule has 4 heteroatoms. The standard InChI is InChI=1S/C3H4Cl2OSi/c1-2-7(4,5)3-6/h2-3H,1H2. The molecule has 0 N–H and O–H groups in total. The lowest BCUT2D eigenvalue weighted by molar-refractivity contribution is 0.568. The molecule has 0 aromatic heterocycles. The van der Waals surface area contributed by atoms with Crippen molar-refractivity contribution in [3.8, 4) is 0 Å². The maximum absolute atomic E-state index is 9.78. The van der Waals surface area contributed by atoms with Crippen LogP contribution in [0.5, 0.6) is 0 Å². The Hall–Kier alpha value is 0.207. The number of hydrogen-bond acceptors (Lipinski definition) is 1. The van der Waals surface area contributed by atoms with Gasteiger partial charge < -0.3 is 4.79 Å². The van der Waals surface area contributed by atoms with Crippen LogP contribution in [-0.2, 0) is 4.79 Å². The summed E-state index contributed by atoms with van der Waals surface area (Å²) in [7, 11) is 0. The zero-order chi connectivity index (χ0) is 5.91. The van der Waals surface area contributed by atoms with E-state index in [2.05, 4.69) is 6.58 Å². The van der Waals surface area contributed by atoms with E-state index in [1.165, 1.54) is 5.70 Å². The highest BCUT2D eigenvalue weighted by Gasteiger charge is 2.21. The van der Waals surface area contributed by atoms with Gasteiger partial charge in [-0.25, -0.2) is 0 Å². The van der Waals surface area contributed by atoms with Gasteiger partial charge in [-0.05, 0) is 0 Å². The third-order valence-corrected chi connectivity index (χ3v) is 2.75. The predicted molar refractivity (Wildman–Crippen MR) is 34.4 cm³/mol. The van der Waals surface area contributed by atoms with E-state index in [1.54, 1.807) is 0 Å². The zero-order valence-electron chi connectivity index (χ0n) is 3.53. The Labute approximate surface area is 52.3 Å². The van der Waals surface area contributed by atoms with Gasteiger partial charge in [-0.3, -0.25) is 0 Å². The van der Waals surface area contributed by atoms with Crippen LogP contribution in [0.3, 0.4) is 0 Å². The van der Waals surface area contributed by atoms with Crippen LogP contribution in [0.15, 0.2) is 12.3 Å². The maximum atomic E-state index is 9.78. The average Bonchev–Trinajstić information content (AvgIpc) is 1.68. The van der Waals surface area contributed by atoms with Gasteiger partial charge in [0.15, 0.2) is 0 Å². The molecular weight excluding hydrogens is 151 g/mol. The van der Waals surface area contributed by atoms with E-state index in [0.717, 1.165) is 0 Å². The van der Waals surface area contributed by atoms with Crippen LogP contribution in [0.1, 0.15) is 0 Å². The Morgan fingerprint density at radius 1 is 1.57 bits per heavy atom. The molecule has 0 aliphatic carbocycles. The average molecular weight is 155 g/mol. The SMILES string of the molecule is C=C[Si](Cl)(Cl)C=O. The lowest BCUT2D eigenvalue weighted by atomic mass is 11.3. The third kappa shape index (κ3) is 2.85. The van der Waals surface area contributed by atoms with Gasteiger partial charge in [-0.15, -0.1) is 28.7 Å². The highest BCUT2D eigenvalue weighted by molar-refractivity contribution is 7.57. The summed E-state index contributed by atoms with van der Waals surface area (Å²) in [5.74, 6) is 0.545. The number of carbonyl (C=O) groups excluding carboxylic acids is 1. The van der Waals surface area contributed by atoms with Crippen molar-refractivity contribution in [2.75, 3.05) is 0 Å². The van der Waals surface area contributed by atoms with Gasteiger partial charge in [0, 0.05) is 0 Å². The molecule has 0 spiro atoms. The first kappa shape index (κ1) is 7.21. The van der Waals surface area contributed by atoms with Crippen LogP contribution in [0.4, 0.5) is 0 Å². The highest BCUT2D eigenvalue weighted by Crippen LogP contribution is 2.10. The van der Waals surface area contributed by atoms with Crippen LogP contribution in [0.25, 0.3) is 0 Å². The minimum atomic E-state index is -2.62. The quantitative estimate of drug-likeness (QED) is 0.334. The fraction of sp³-hybridized carbons (Fsp3) is 0. The highest BCUT2D eigenvalue weighted by atomic mass is 35.7. The van der Waals surface area contributed by atoms with Crippen molar-refractivity contribution in [2.24, 2.45) is 0 Å². The molecule has 0 unspecified atom stereocenters. The molecule has 0 aromatic rings. The van der Waals surface area contributed by atoms with E-state index in [9.17, 15) is 4.79 Å². The van der Waals surface area contributed by atoms with Crippen molar-refractivity contribution in [3.05, 3.63) is 12.3 Å². The molecule has 0 amide bonds. The second-order valence-electron chi connectivity index (χ2n) is 0.997. The fourth-order valence-corrected chi connectivity index (χ4v) is 0.144. The maximum Gasteiger partial charge on any atom is 0.336 e. The van der Waals surface area contributed by atoms with Gasteiger partial charge in [0.2, 0.25) is 0 Å². The van der Waals surface area contributed by atoms with Crippen LogP contribution in [0, 0.1) is 0 Å². The first-order valence-corrected chi connectivity index (χ1v) is 5.78. The second-order valence-corrected chi connectivity index (χ2v) is 7.32. The molecule has 0 fully saturated rings. The van der Waals surface area contributed by atoms with Crippen LogP contribution in [-0.4, -0.2) is 12.6 Å². The Balaban J connectivity index is 3.82. The topological polar surface area (TPSA) is 17.1 Å². The van der Waals surface area contributed by atoms with Gasteiger partial charge >= 0.3 is 6.69 Å². The Morgan fingerprint density at radius 3 is 2.00 bits per heavy atom. The molecule has 0 radical (unpaired) electrons. The van der Waals surface area contributed by atoms with Crippen molar-refractivity contribution in [1.29, 1.82) is 0 Å². The van der Waals surface area contributed by atoms with Crippen molar-refractivity contribution < 1.29 is 4.79 Å². The first-order valence-electron chi connectivity index (χ1n) is 1.60.